The van der Waals surface area contributed by atoms with Gasteiger partial charge in [-0.3, -0.25) is 9.48 Å². The first-order valence-electron chi connectivity index (χ1n) is 7.78. The van der Waals surface area contributed by atoms with Crippen LogP contribution in [0.25, 0.3) is 0 Å². The van der Waals surface area contributed by atoms with Gasteiger partial charge in [0.15, 0.2) is 11.5 Å². The number of aromatic nitrogens is 2. The molecule has 112 valence electrons. The molecular formula is C16H26N2O2. The molecule has 1 heterocycles. The van der Waals surface area contributed by atoms with Gasteiger partial charge >= 0.3 is 0 Å². The topological polar surface area (TPSA) is 44.1 Å². The maximum absolute atomic E-state index is 12.5. The largest absolute Gasteiger partial charge is 0.493 e. The smallest absolute Gasteiger partial charge is 0.184 e. The molecule has 4 heteroatoms. The molecule has 1 saturated carbocycles. The average molecular weight is 278 g/mol. The van der Waals surface area contributed by atoms with Crippen LogP contribution in [0.4, 0.5) is 0 Å². The summed E-state index contributed by atoms with van der Waals surface area (Å²) in [5.74, 6) is 1.50. The van der Waals surface area contributed by atoms with Gasteiger partial charge in [0, 0.05) is 12.5 Å². The van der Waals surface area contributed by atoms with E-state index in [0.717, 1.165) is 12.3 Å². The van der Waals surface area contributed by atoms with Gasteiger partial charge in [0.2, 0.25) is 0 Å². The number of rotatable bonds is 6. The van der Waals surface area contributed by atoms with Crippen molar-refractivity contribution in [2.24, 2.45) is 5.92 Å². The molecule has 0 amide bonds. The van der Waals surface area contributed by atoms with Crippen molar-refractivity contribution >= 4 is 5.78 Å². The standard InChI is InChI=1S/C16H26N2O2/c1-12(2)18-16(15(20-3)11-17-18)14(19)10-9-13-7-5-4-6-8-13/h11-13H,4-10H2,1-3H3. The molecule has 1 fully saturated rings. The van der Waals surface area contributed by atoms with Crippen molar-refractivity contribution in [2.45, 2.75) is 64.8 Å². The molecule has 20 heavy (non-hydrogen) atoms. The number of hydrogen-bond acceptors (Lipinski definition) is 3. The normalized spacial score (nSPS) is 16.6. The summed E-state index contributed by atoms with van der Waals surface area (Å²) in [5, 5.41) is 4.27. The summed E-state index contributed by atoms with van der Waals surface area (Å²) in [4.78, 5) is 12.5. The van der Waals surface area contributed by atoms with Gasteiger partial charge in [-0.15, -0.1) is 0 Å². The molecule has 0 unspecified atom stereocenters. The summed E-state index contributed by atoms with van der Waals surface area (Å²) in [7, 11) is 1.60. The highest BCUT2D eigenvalue weighted by atomic mass is 16.5. The number of nitrogens with zero attached hydrogens (tertiary/aromatic N) is 2. The molecule has 4 nitrogen and oxygen atoms in total. The second kappa shape index (κ2) is 6.91. The first-order chi connectivity index (χ1) is 9.63. The van der Waals surface area contributed by atoms with E-state index >= 15 is 0 Å². The predicted molar refractivity (Wildman–Crippen MR) is 79.3 cm³/mol. The fourth-order valence-corrected chi connectivity index (χ4v) is 3.08. The summed E-state index contributed by atoms with van der Waals surface area (Å²) in [5.41, 5.74) is 0.637. The van der Waals surface area contributed by atoms with E-state index in [1.165, 1.54) is 32.1 Å². The van der Waals surface area contributed by atoms with Gasteiger partial charge in [0.05, 0.1) is 13.3 Å². The Balaban J connectivity index is 2.02. The van der Waals surface area contributed by atoms with Gasteiger partial charge in [-0.2, -0.15) is 5.10 Å². The van der Waals surface area contributed by atoms with Crippen LogP contribution in [0.3, 0.4) is 0 Å². The zero-order valence-electron chi connectivity index (χ0n) is 12.9. The van der Waals surface area contributed by atoms with Gasteiger partial charge < -0.3 is 4.74 Å². The van der Waals surface area contributed by atoms with Crippen molar-refractivity contribution < 1.29 is 9.53 Å². The third-order valence-electron chi connectivity index (χ3n) is 4.24. The molecule has 1 aromatic rings. The fraction of sp³-hybridized carbons (Fsp3) is 0.750. The van der Waals surface area contributed by atoms with Gasteiger partial charge in [0.1, 0.15) is 5.69 Å². The highest BCUT2D eigenvalue weighted by Crippen LogP contribution is 2.29. The number of carbonyl (C=O) groups is 1. The number of carbonyl (C=O) groups excluding carboxylic acids is 1. The molecule has 1 aliphatic rings. The van der Waals surface area contributed by atoms with Crippen LogP contribution < -0.4 is 4.74 Å². The minimum absolute atomic E-state index is 0.165. The third-order valence-corrected chi connectivity index (χ3v) is 4.24. The maximum atomic E-state index is 12.5. The van der Waals surface area contributed by atoms with E-state index in [2.05, 4.69) is 5.10 Å². The monoisotopic (exact) mass is 278 g/mol. The average Bonchev–Trinajstić information content (AvgIpc) is 2.90. The van der Waals surface area contributed by atoms with Crippen molar-refractivity contribution in [1.82, 2.24) is 9.78 Å². The second-order valence-electron chi connectivity index (χ2n) is 6.07. The van der Waals surface area contributed by atoms with E-state index in [1.54, 1.807) is 18.0 Å². The van der Waals surface area contributed by atoms with Gasteiger partial charge in [-0.1, -0.05) is 32.1 Å². The summed E-state index contributed by atoms with van der Waals surface area (Å²) in [6, 6.07) is 0.174. The lowest BCUT2D eigenvalue weighted by atomic mass is 9.85. The van der Waals surface area contributed by atoms with E-state index in [-0.39, 0.29) is 11.8 Å². The van der Waals surface area contributed by atoms with E-state index in [9.17, 15) is 4.79 Å². The number of Topliss-reactive ketones (excluding diaryl/α,β-unsaturated/α-hetero) is 1. The van der Waals surface area contributed by atoms with Crippen LogP contribution >= 0.6 is 0 Å². The molecule has 0 atom stereocenters. The highest BCUT2D eigenvalue weighted by molar-refractivity contribution is 5.97. The van der Waals surface area contributed by atoms with Crippen molar-refractivity contribution in [3.05, 3.63) is 11.9 Å². The van der Waals surface area contributed by atoms with Gasteiger partial charge in [0.25, 0.3) is 0 Å². The molecule has 1 aromatic heterocycles. The molecule has 0 N–H and O–H groups in total. The van der Waals surface area contributed by atoms with Crippen molar-refractivity contribution in [3.8, 4) is 5.75 Å². The number of methoxy groups -OCH3 is 1. The van der Waals surface area contributed by atoms with Crippen LogP contribution in [0, 0.1) is 5.92 Å². The lowest BCUT2D eigenvalue weighted by Gasteiger charge is -2.21. The Morgan fingerprint density at radius 1 is 1.40 bits per heavy atom. The number of ketones is 1. The summed E-state index contributed by atoms with van der Waals surface area (Å²) in [6.45, 7) is 4.06. The van der Waals surface area contributed by atoms with Crippen LogP contribution in [0.2, 0.25) is 0 Å². The number of ether oxygens (including phenoxy) is 1. The zero-order valence-corrected chi connectivity index (χ0v) is 12.9. The molecule has 0 bridgehead atoms. The third kappa shape index (κ3) is 3.41. The predicted octanol–water partition coefficient (Wildman–Crippen LogP) is 4.02. The maximum Gasteiger partial charge on any atom is 0.184 e. The van der Waals surface area contributed by atoms with Gasteiger partial charge in [-0.25, -0.2) is 0 Å². The fourth-order valence-electron chi connectivity index (χ4n) is 3.08. The quantitative estimate of drug-likeness (QED) is 0.738. The zero-order chi connectivity index (χ0) is 14.5. The first-order valence-corrected chi connectivity index (χ1v) is 7.78. The van der Waals surface area contributed by atoms with Crippen LogP contribution in [0.15, 0.2) is 6.20 Å². The van der Waals surface area contributed by atoms with Crippen molar-refractivity contribution in [2.75, 3.05) is 7.11 Å². The lowest BCUT2D eigenvalue weighted by Crippen LogP contribution is -2.15. The van der Waals surface area contributed by atoms with Crippen LogP contribution in [-0.2, 0) is 0 Å². The molecule has 0 saturated heterocycles. The SMILES string of the molecule is COc1cnn(C(C)C)c1C(=O)CCC1CCCCC1. The van der Waals surface area contributed by atoms with Gasteiger partial charge in [-0.05, 0) is 26.2 Å². The molecule has 0 aromatic carbocycles. The minimum atomic E-state index is 0.165. The summed E-state index contributed by atoms with van der Waals surface area (Å²) < 4.78 is 7.06. The van der Waals surface area contributed by atoms with E-state index < -0.39 is 0 Å². The molecule has 1 aliphatic carbocycles. The van der Waals surface area contributed by atoms with E-state index in [4.69, 9.17) is 4.74 Å². The molecule has 0 radical (unpaired) electrons. The molecule has 0 spiro atoms. The Morgan fingerprint density at radius 2 is 2.10 bits per heavy atom. The molecule has 2 rings (SSSR count). The highest BCUT2D eigenvalue weighted by Gasteiger charge is 2.22. The first kappa shape index (κ1) is 15.1. The second-order valence-corrected chi connectivity index (χ2v) is 6.07. The molecular weight excluding hydrogens is 252 g/mol. The van der Waals surface area contributed by atoms with Crippen LogP contribution in [-0.4, -0.2) is 22.7 Å². The van der Waals surface area contributed by atoms with Crippen molar-refractivity contribution in [3.63, 3.8) is 0 Å². The molecule has 0 aliphatic heterocycles. The Labute approximate surface area is 121 Å². The lowest BCUT2D eigenvalue weighted by molar-refractivity contribution is 0.0954. The van der Waals surface area contributed by atoms with E-state index in [0.29, 0.717) is 17.9 Å². The number of hydrogen-bond donors (Lipinski definition) is 0. The minimum Gasteiger partial charge on any atom is -0.493 e. The van der Waals surface area contributed by atoms with Crippen LogP contribution in [0.5, 0.6) is 5.75 Å². The Kier molecular flexibility index (Phi) is 5.21. The van der Waals surface area contributed by atoms with E-state index in [1.807, 2.05) is 13.8 Å². The van der Waals surface area contributed by atoms with Crippen LogP contribution in [0.1, 0.15) is 75.3 Å². The van der Waals surface area contributed by atoms with Crippen molar-refractivity contribution in [1.29, 1.82) is 0 Å². The Morgan fingerprint density at radius 3 is 2.70 bits per heavy atom. The summed E-state index contributed by atoms with van der Waals surface area (Å²) >= 11 is 0. The Bertz CT molecular complexity index is 445. The summed E-state index contributed by atoms with van der Waals surface area (Å²) in [6.07, 6.45) is 9.84. The Hall–Kier alpha value is -1.32.